The minimum Gasteiger partial charge on any atom is -0.198 e. The fraction of sp³-hybridized carbons (Fsp3) is 0.961. The summed E-state index contributed by atoms with van der Waals surface area (Å²) in [6.45, 7) is 4.65. The van der Waals surface area contributed by atoms with Crippen molar-refractivity contribution in [1.82, 2.24) is 0 Å². The van der Waals surface area contributed by atoms with Crippen LogP contribution < -0.4 is 0 Å². The van der Waals surface area contributed by atoms with Gasteiger partial charge in [0, 0.05) is 0 Å². The van der Waals surface area contributed by atoms with E-state index in [0.717, 1.165) is 73.0 Å². The van der Waals surface area contributed by atoms with Gasteiger partial charge < -0.3 is 0 Å². The van der Waals surface area contributed by atoms with Crippen molar-refractivity contribution in [3.63, 3.8) is 0 Å². The van der Waals surface area contributed by atoms with E-state index in [0.29, 0.717) is 11.8 Å². The first kappa shape index (κ1) is 41.6. The van der Waals surface area contributed by atoms with Gasteiger partial charge >= 0.3 is 0 Å². The maximum Gasteiger partial charge on any atom is 0.0762 e. The predicted octanol–water partition coefficient (Wildman–Crippen LogP) is 15.9. The van der Waals surface area contributed by atoms with E-state index in [9.17, 15) is 10.5 Å². The number of rotatable bonds is 16. The van der Waals surface area contributed by atoms with E-state index < -0.39 is 10.8 Å². The van der Waals surface area contributed by atoms with Crippen molar-refractivity contribution in [3.8, 4) is 12.1 Å². The zero-order valence-electron chi connectivity index (χ0n) is 35.4. The second-order valence-electron chi connectivity index (χ2n) is 21.1. The maximum absolute atomic E-state index is 11.1. The van der Waals surface area contributed by atoms with Crippen LogP contribution in [0.3, 0.4) is 0 Å². The molecule has 0 radical (unpaired) electrons. The second-order valence-corrected chi connectivity index (χ2v) is 21.1. The van der Waals surface area contributed by atoms with E-state index in [1.165, 1.54) is 199 Å². The van der Waals surface area contributed by atoms with Crippen molar-refractivity contribution >= 4 is 0 Å². The lowest BCUT2D eigenvalue weighted by molar-refractivity contribution is -0.0146. The van der Waals surface area contributed by atoms with Crippen LogP contribution >= 0.6 is 0 Å². The Morgan fingerprint density at radius 1 is 0.377 bits per heavy atom. The summed E-state index contributed by atoms with van der Waals surface area (Å²) in [7, 11) is 0. The molecule has 0 aromatic heterocycles. The fourth-order valence-corrected chi connectivity index (χ4v) is 14.7. The van der Waals surface area contributed by atoms with Crippen LogP contribution in [0.5, 0.6) is 0 Å². The van der Waals surface area contributed by atoms with Crippen LogP contribution in [0, 0.1) is 92.7 Å². The number of nitrogens with zero attached hydrogens (tertiary/aromatic N) is 2. The third-order valence-electron chi connectivity index (χ3n) is 18.2. The van der Waals surface area contributed by atoms with Crippen LogP contribution in [0.1, 0.15) is 239 Å². The molecule has 0 aromatic rings. The minimum absolute atomic E-state index is 0.401. The summed E-state index contributed by atoms with van der Waals surface area (Å²) in [5.74, 6) is 8.94. The SMILES string of the molecule is CCCCCCCC1CCC(C2CCC(C3CCCC(C#N)(C4(C#N)CCCC(C5CCC(C6CCC(CCCCCC)CC6)CC5)C4)C3)CC2)CC1. The molecule has 0 aromatic carbocycles. The molecule has 6 fully saturated rings. The molecule has 0 spiro atoms. The molecule has 53 heavy (non-hydrogen) atoms. The lowest BCUT2D eigenvalue weighted by Gasteiger charge is -2.52. The summed E-state index contributed by atoms with van der Waals surface area (Å²) in [5.41, 5.74) is -0.803. The Labute approximate surface area is 330 Å². The maximum atomic E-state index is 11.1. The monoisotopic (exact) mass is 727 g/mol. The molecule has 6 aliphatic carbocycles. The molecule has 0 amide bonds. The Kier molecular flexibility index (Phi) is 16.4. The van der Waals surface area contributed by atoms with E-state index in [1.807, 2.05) is 0 Å². The summed E-state index contributed by atoms with van der Waals surface area (Å²) in [4.78, 5) is 0. The van der Waals surface area contributed by atoms with Crippen molar-refractivity contribution in [2.75, 3.05) is 0 Å². The molecular formula is C51H86N2. The van der Waals surface area contributed by atoms with E-state index >= 15 is 0 Å². The van der Waals surface area contributed by atoms with Gasteiger partial charge in [-0.15, -0.1) is 0 Å². The molecule has 2 nitrogen and oxygen atoms in total. The highest BCUT2D eigenvalue weighted by Crippen LogP contribution is 2.61. The van der Waals surface area contributed by atoms with E-state index in [4.69, 9.17) is 0 Å². The first-order valence-electron chi connectivity index (χ1n) is 24.8. The molecule has 0 saturated heterocycles. The standard InChI is InChI=1S/C51H86N2/c1-3-5-7-9-11-15-41-20-24-43(25-21-41)45-28-32-47(33-29-45)49-17-13-35-51(37-49,39-53)50(38-52)34-12-16-48(36-50)46-30-26-44(27-31-46)42-22-18-40(19-23-42)14-10-8-6-4-2/h40-49H,3-37H2,1-2H3. The van der Waals surface area contributed by atoms with Gasteiger partial charge in [-0.3, -0.25) is 0 Å². The molecule has 0 bridgehead atoms. The van der Waals surface area contributed by atoms with E-state index in [1.54, 1.807) is 0 Å². The van der Waals surface area contributed by atoms with Gasteiger partial charge in [-0.05, 0) is 162 Å². The van der Waals surface area contributed by atoms with Crippen molar-refractivity contribution in [2.24, 2.45) is 70.0 Å². The van der Waals surface area contributed by atoms with Gasteiger partial charge in [0.05, 0.1) is 23.0 Å². The summed E-state index contributed by atoms with van der Waals surface area (Å²) >= 11 is 0. The van der Waals surface area contributed by atoms with Crippen molar-refractivity contribution in [2.45, 2.75) is 239 Å². The van der Waals surface area contributed by atoms with E-state index in [2.05, 4.69) is 26.0 Å². The molecule has 0 N–H and O–H groups in total. The fourth-order valence-electron chi connectivity index (χ4n) is 14.7. The van der Waals surface area contributed by atoms with Gasteiger partial charge in [0.15, 0.2) is 0 Å². The van der Waals surface area contributed by atoms with Gasteiger partial charge in [0.25, 0.3) is 0 Å². The quantitative estimate of drug-likeness (QED) is 0.149. The number of nitriles is 2. The Morgan fingerprint density at radius 3 is 1.02 bits per heavy atom. The average Bonchev–Trinajstić information content (AvgIpc) is 3.23. The van der Waals surface area contributed by atoms with Crippen LogP contribution in [-0.4, -0.2) is 0 Å². The van der Waals surface area contributed by atoms with Crippen LogP contribution in [0.15, 0.2) is 0 Å². The number of hydrogen-bond donors (Lipinski definition) is 0. The summed E-state index contributed by atoms with van der Waals surface area (Å²) in [6.07, 6.45) is 48.3. The van der Waals surface area contributed by atoms with Gasteiger partial charge in [-0.1, -0.05) is 136 Å². The molecule has 2 heteroatoms. The van der Waals surface area contributed by atoms with Crippen LogP contribution in [-0.2, 0) is 0 Å². The molecule has 6 saturated carbocycles. The summed E-state index contributed by atoms with van der Waals surface area (Å²) < 4.78 is 0. The number of hydrogen-bond acceptors (Lipinski definition) is 2. The van der Waals surface area contributed by atoms with Crippen molar-refractivity contribution < 1.29 is 0 Å². The van der Waals surface area contributed by atoms with Gasteiger partial charge in [-0.2, -0.15) is 10.5 Å². The third kappa shape index (κ3) is 10.7. The Bertz CT molecular complexity index is 1110. The lowest BCUT2D eigenvalue weighted by Crippen LogP contribution is -2.48. The highest BCUT2D eigenvalue weighted by atomic mass is 14.6. The Hall–Kier alpha value is -1.02. The highest BCUT2D eigenvalue weighted by molar-refractivity contribution is 5.21. The normalized spacial score (nSPS) is 41.3. The summed E-state index contributed by atoms with van der Waals surface area (Å²) in [6, 6.07) is 6.02. The molecule has 0 aliphatic heterocycles. The molecule has 6 rings (SSSR count). The molecule has 300 valence electrons. The smallest absolute Gasteiger partial charge is 0.0762 e. The summed E-state index contributed by atoms with van der Waals surface area (Å²) in [5, 5.41) is 22.2. The lowest BCUT2D eigenvalue weighted by atomic mass is 9.48. The van der Waals surface area contributed by atoms with Crippen LogP contribution in [0.4, 0.5) is 0 Å². The van der Waals surface area contributed by atoms with Crippen LogP contribution in [0.25, 0.3) is 0 Å². The molecule has 0 heterocycles. The second kappa shape index (κ2) is 20.9. The Balaban J connectivity index is 0.952. The zero-order chi connectivity index (χ0) is 36.9. The first-order chi connectivity index (χ1) is 26.0. The molecule has 6 aliphatic rings. The predicted molar refractivity (Wildman–Crippen MR) is 224 cm³/mol. The van der Waals surface area contributed by atoms with E-state index in [-0.39, 0.29) is 0 Å². The minimum atomic E-state index is -0.401. The van der Waals surface area contributed by atoms with Crippen molar-refractivity contribution in [3.05, 3.63) is 0 Å². The zero-order valence-corrected chi connectivity index (χ0v) is 35.4. The van der Waals surface area contributed by atoms with Crippen molar-refractivity contribution in [1.29, 1.82) is 10.5 Å². The molecular weight excluding hydrogens is 641 g/mol. The van der Waals surface area contributed by atoms with Gasteiger partial charge in [-0.25, -0.2) is 0 Å². The molecule has 4 unspecified atom stereocenters. The third-order valence-corrected chi connectivity index (χ3v) is 18.2. The Morgan fingerprint density at radius 2 is 0.679 bits per heavy atom. The van der Waals surface area contributed by atoms with Gasteiger partial charge in [0.2, 0.25) is 0 Å². The number of unbranched alkanes of at least 4 members (excludes halogenated alkanes) is 7. The highest BCUT2D eigenvalue weighted by Gasteiger charge is 2.57. The molecule has 4 atom stereocenters. The van der Waals surface area contributed by atoms with Gasteiger partial charge in [0.1, 0.15) is 0 Å². The first-order valence-corrected chi connectivity index (χ1v) is 24.8. The topological polar surface area (TPSA) is 47.6 Å². The average molecular weight is 727 g/mol. The van der Waals surface area contributed by atoms with Crippen LogP contribution in [0.2, 0.25) is 0 Å². The largest absolute Gasteiger partial charge is 0.198 e.